The number of aliphatic hydroxyl groups is 1. The Morgan fingerprint density at radius 3 is 3.07 bits per heavy atom. The molecule has 76 valence electrons. The number of nitrogens with one attached hydrogen (secondary N) is 1. The second-order valence-electron chi connectivity index (χ2n) is 2.91. The molecule has 0 saturated carbocycles. The summed E-state index contributed by atoms with van der Waals surface area (Å²) in [6.07, 6.45) is 1.65. The first-order chi connectivity index (χ1) is 6.61. The first-order valence-corrected chi connectivity index (χ1v) is 4.17. The largest absolute Gasteiger partial charge is 0.392 e. The number of carbonyl (C=O) groups is 1. The Labute approximate surface area is 80.8 Å². The molecule has 0 aliphatic heterocycles. The quantitative estimate of drug-likeness (QED) is 0.735. The normalized spacial score (nSPS) is 12.2. The van der Waals surface area contributed by atoms with Crippen molar-refractivity contribution in [1.29, 1.82) is 0 Å². The van der Waals surface area contributed by atoms with Gasteiger partial charge in [-0.15, -0.1) is 0 Å². The molecule has 4 nitrogen and oxygen atoms in total. The van der Waals surface area contributed by atoms with Crippen molar-refractivity contribution in [1.82, 2.24) is 10.3 Å². The van der Waals surface area contributed by atoms with Crippen molar-refractivity contribution >= 4 is 5.91 Å². The summed E-state index contributed by atoms with van der Waals surface area (Å²) in [5.74, 6) is -1.22. The topological polar surface area (TPSA) is 62.2 Å². The lowest BCUT2D eigenvalue weighted by Gasteiger charge is -2.06. The van der Waals surface area contributed by atoms with Crippen LogP contribution in [-0.2, 0) is 0 Å². The van der Waals surface area contributed by atoms with Crippen LogP contribution in [-0.4, -0.2) is 28.6 Å². The van der Waals surface area contributed by atoms with Gasteiger partial charge in [0.15, 0.2) is 5.82 Å². The van der Waals surface area contributed by atoms with Crippen LogP contribution in [0.1, 0.15) is 17.3 Å². The summed E-state index contributed by atoms with van der Waals surface area (Å²) < 4.78 is 13.0. The zero-order valence-electron chi connectivity index (χ0n) is 7.70. The summed E-state index contributed by atoms with van der Waals surface area (Å²) in [6, 6.07) is 1.28. The van der Waals surface area contributed by atoms with Gasteiger partial charge in [0.2, 0.25) is 0 Å². The molecular formula is C9H11FN2O2. The van der Waals surface area contributed by atoms with Crippen molar-refractivity contribution in [2.45, 2.75) is 13.0 Å². The second kappa shape index (κ2) is 4.66. The Kier molecular flexibility index (Phi) is 3.53. The summed E-state index contributed by atoms with van der Waals surface area (Å²) in [6.45, 7) is 1.63. The van der Waals surface area contributed by atoms with Gasteiger partial charge < -0.3 is 10.4 Å². The van der Waals surface area contributed by atoms with Gasteiger partial charge in [-0.3, -0.25) is 9.78 Å². The van der Waals surface area contributed by atoms with E-state index in [0.29, 0.717) is 0 Å². The van der Waals surface area contributed by atoms with Gasteiger partial charge in [0.05, 0.1) is 17.9 Å². The van der Waals surface area contributed by atoms with Crippen molar-refractivity contribution in [3.63, 3.8) is 0 Å². The van der Waals surface area contributed by atoms with Gasteiger partial charge in [-0.2, -0.15) is 0 Å². The summed E-state index contributed by atoms with van der Waals surface area (Å²) in [5.41, 5.74) is -0.0688. The van der Waals surface area contributed by atoms with E-state index in [1.807, 2.05) is 0 Å². The molecule has 0 fully saturated rings. The van der Waals surface area contributed by atoms with Crippen molar-refractivity contribution in [3.8, 4) is 0 Å². The van der Waals surface area contributed by atoms with Crippen LogP contribution in [0.3, 0.4) is 0 Å². The fourth-order valence-corrected chi connectivity index (χ4v) is 0.895. The molecule has 0 bridgehead atoms. The molecule has 0 spiro atoms. The highest BCUT2D eigenvalue weighted by atomic mass is 19.1. The van der Waals surface area contributed by atoms with Gasteiger partial charge in [0.25, 0.3) is 5.91 Å². The molecule has 2 N–H and O–H groups in total. The molecule has 0 radical (unpaired) electrons. The minimum Gasteiger partial charge on any atom is -0.392 e. The number of nitrogens with zero attached hydrogens (tertiary/aromatic N) is 1. The van der Waals surface area contributed by atoms with E-state index < -0.39 is 17.8 Å². The van der Waals surface area contributed by atoms with Gasteiger partial charge in [-0.25, -0.2) is 4.39 Å². The maximum Gasteiger partial charge on any atom is 0.254 e. The lowest BCUT2D eigenvalue weighted by molar-refractivity contribution is 0.0920. The van der Waals surface area contributed by atoms with Crippen LogP contribution < -0.4 is 5.32 Å². The molecule has 1 aromatic heterocycles. The first-order valence-electron chi connectivity index (χ1n) is 4.17. The molecule has 5 heteroatoms. The molecule has 0 aliphatic carbocycles. The second-order valence-corrected chi connectivity index (χ2v) is 2.91. The number of hydrogen-bond donors (Lipinski definition) is 2. The highest BCUT2D eigenvalue weighted by Gasteiger charge is 2.10. The van der Waals surface area contributed by atoms with Crippen LogP contribution in [0.15, 0.2) is 18.5 Å². The van der Waals surface area contributed by atoms with E-state index in [9.17, 15) is 9.18 Å². The standard InChI is InChI=1S/C9H11FN2O2/c1-6(13)4-12-9(14)7-2-3-11-5-8(7)10/h2-3,5-6,13H,4H2,1H3,(H,12,14)/t6-/m0/s1. The molecule has 1 rings (SSSR count). The number of halogens is 1. The van der Waals surface area contributed by atoms with Crippen molar-refractivity contribution < 1.29 is 14.3 Å². The Morgan fingerprint density at radius 2 is 2.50 bits per heavy atom. The van der Waals surface area contributed by atoms with E-state index in [1.54, 1.807) is 0 Å². The predicted octanol–water partition coefficient (Wildman–Crippen LogP) is 0.331. The van der Waals surface area contributed by atoms with Crippen LogP contribution >= 0.6 is 0 Å². The Balaban J connectivity index is 2.65. The smallest absolute Gasteiger partial charge is 0.254 e. The van der Waals surface area contributed by atoms with Crippen molar-refractivity contribution in [2.24, 2.45) is 0 Å². The number of rotatable bonds is 3. The third kappa shape index (κ3) is 2.77. The molecule has 0 aliphatic rings. The minimum atomic E-state index is -0.671. The van der Waals surface area contributed by atoms with Gasteiger partial charge in [-0.05, 0) is 13.0 Å². The van der Waals surface area contributed by atoms with Crippen molar-refractivity contribution in [2.75, 3.05) is 6.54 Å². The van der Waals surface area contributed by atoms with Crippen molar-refractivity contribution in [3.05, 3.63) is 29.8 Å². The number of carbonyl (C=O) groups excluding carboxylic acids is 1. The molecule has 1 amide bonds. The molecule has 14 heavy (non-hydrogen) atoms. The molecular weight excluding hydrogens is 187 g/mol. The lowest BCUT2D eigenvalue weighted by atomic mass is 10.2. The zero-order valence-corrected chi connectivity index (χ0v) is 7.70. The minimum absolute atomic E-state index is 0.0688. The molecule has 1 heterocycles. The van der Waals surface area contributed by atoms with Gasteiger partial charge in [-0.1, -0.05) is 0 Å². The number of amides is 1. The van der Waals surface area contributed by atoms with Crippen LogP contribution in [0.2, 0.25) is 0 Å². The summed E-state index contributed by atoms with van der Waals surface area (Å²) in [4.78, 5) is 14.8. The zero-order chi connectivity index (χ0) is 10.6. The Morgan fingerprint density at radius 1 is 1.79 bits per heavy atom. The predicted molar refractivity (Wildman–Crippen MR) is 48.2 cm³/mol. The number of hydrogen-bond acceptors (Lipinski definition) is 3. The number of pyridine rings is 1. The average molecular weight is 198 g/mol. The lowest BCUT2D eigenvalue weighted by Crippen LogP contribution is -2.31. The Hall–Kier alpha value is -1.49. The fraction of sp³-hybridized carbons (Fsp3) is 0.333. The van der Waals surface area contributed by atoms with E-state index in [-0.39, 0.29) is 12.1 Å². The van der Waals surface area contributed by atoms with E-state index in [4.69, 9.17) is 5.11 Å². The van der Waals surface area contributed by atoms with Gasteiger partial charge >= 0.3 is 0 Å². The van der Waals surface area contributed by atoms with Crippen LogP contribution in [0, 0.1) is 5.82 Å². The van der Waals surface area contributed by atoms with E-state index in [2.05, 4.69) is 10.3 Å². The maximum absolute atomic E-state index is 13.0. The highest BCUT2D eigenvalue weighted by molar-refractivity contribution is 5.94. The summed E-state index contributed by atoms with van der Waals surface area (Å²) in [5, 5.41) is 11.3. The van der Waals surface area contributed by atoms with E-state index in [0.717, 1.165) is 6.20 Å². The Bertz CT molecular complexity index is 328. The number of aromatic nitrogens is 1. The SMILES string of the molecule is C[C@H](O)CNC(=O)c1ccncc1F. The molecule has 0 unspecified atom stereocenters. The highest BCUT2D eigenvalue weighted by Crippen LogP contribution is 2.03. The summed E-state index contributed by atoms with van der Waals surface area (Å²) >= 11 is 0. The third-order valence-electron chi connectivity index (χ3n) is 1.58. The molecule has 0 aromatic carbocycles. The monoisotopic (exact) mass is 198 g/mol. The molecule has 1 atom stereocenters. The third-order valence-corrected chi connectivity index (χ3v) is 1.58. The van der Waals surface area contributed by atoms with Crippen LogP contribution in [0.4, 0.5) is 4.39 Å². The van der Waals surface area contributed by atoms with E-state index in [1.165, 1.54) is 19.2 Å². The first kappa shape index (κ1) is 10.6. The van der Waals surface area contributed by atoms with Gasteiger partial charge in [0, 0.05) is 12.7 Å². The molecule has 1 aromatic rings. The molecule has 0 saturated heterocycles. The van der Waals surface area contributed by atoms with Crippen LogP contribution in [0.5, 0.6) is 0 Å². The fourth-order valence-electron chi connectivity index (χ4n) is 0.895. The number of aliphatic hydroxyl groups excluding tert-OH is 1. The van der Waals surface area contributed by atoms with Crippen LogP contribution in [0.25, 0.3) is 0 Å². The summed E-state index contributed by atoms with van der Waals surface area (Å²) in [7, 11) is 0. The van der Waals surface area contributed by atoms with E-state index >= 15 is 0 Å². The average Bonchev–Trinajstić information content (AvgIpc) is 2.15. The maximum atomic E-state index is 13.0. The van der Waals surface area contributed by atoms with Gasteiger partial charge in [0.1, 0.15) is 0 Å².